The molecule has 0 saturated carbocycles. The fraction of sp³-hybridized carbons (Fsp3) is 0.300. The predicted octanol–water partition coefficient (Wildman–Crippen LogP) is 5.07. The standard InChI is InChI=1S/C20H21NO3S/c1-12(2)21-19(22)18(25-20(21)23)11-16-15-8-6-5-7-14(15)9-10-17(16)24-13(3)4/h5-13H,1-4H3/b18-11+. The third-order valence-electron chi connectivity index (χ3n) is 3.91. The van der Waals surface area contributed by atoms with Crippen molar-refractivity contribution < 1.29 is 14.3 Å². The number of nitrogens with zero attached hydrogens (tertiary/aromatic N) is 1. The van der Waals surface area contributed by atoms with Gasteiger partial charge in [0.05, 0.1) is 11.0 Å². The van der Waals surface area contributed by atoms with E-state index in [0.29, 0.717) is 10.7 Å². The third-order valence-corrected chi connectivity index (χ3v) is 4.79. The van der Waals surface area contributed by atoms with Gasteiger partial charge in [-0.05, 0) is 62.4 Å². The molecule has 1 heterocycles. The van der Waals surface area contributed by atoms with Gasteiger partial charge in [0.15, 0.2) is 0 Å². The van der Waals surface area contributed by atoms with E-state index in [9.17, 15) is 9.59 Å². The minimum atomic E-state index is -0.242. The van der Waals surface area contributed by atoms with Gasteiger partial charge in [-0.25, -0.2) is 0 Å². The molecular formula is C20H21NO3S. The third kappa shape index (κ3) is 3.42. The summed E-state index contributed by atoms with van der Waals surface area (Å²) < 4.78 is 5.94. The summed E-state index contributed by atoms with van der Waals surface area (Å²) >= 11 is 0.984. The Labute approximate surface area is 151 Å². The van der Waals surface area contributed by atoms with Gasteiger partial charge in [-0.1, -0.05) is 30.3 Å². The van der Waals surface area contributed by atoms with Gasteiger partial charge in [0.1, 0.15) is 5.75 Å². The summed E-state index contributed by atoms with van der Waals surface area (Å²) in [5.74, 6) is 0.471. The first kappa shape index (κ1) is 17.5. The number of thioether (sulfide) groups is 1. The second-order valence-corrected chi connectivity index (χ2v) is 7.50. The van der Waals surface area contributed by atoms with Crippen LogP contribution in [0.1, 0.15) is 33.3 Å². The van der Waals surface area contributed by atoms with Crippen molar-refractivity contribution in [3.05, 3.63) is 46.9 Å². The number of carbonyl (C=O) groups is 2. The maximum absolute atomic E-state index is 12.6. The van der Waals surface area contributed by atoms with E-state index in [-0.39, 0.29) is 23.3 Å². The van der Waals surface area contributed by atoms with Crippen LogP contribution in [0.5, 0.6) is 5.75 Å². The number of ether oxygens (including phenoxy) is 1. The molecule has 1 aliphatic heterocycles. The van der Waals surface area contributed by atoms with Crippen molar-refractivity contribution >= 4 is 39.8 Å². The highest BCUT2D eigenvalue weighted by atomic mass is 32.2. The SMILES string of the molecule is CC(C)Oc1ccc2ccccc2c1/C=C1/SC(=O)N(C(C)C)C1=O. The van der Waals surface area contributed by atoms with Crippen LogP contribution in [0, 0.1) is 0 Å². The Bertz CT molecular complexity index is 870. The number of imide groups is 1. The minimum Gasteiger partial charge on any atom is -0.490 e. The lowest BCUT2D eigenvalue weighted by Crippen LogP contribution is -2.34. The maximum Gasteiger partial charge on any atom is 0.293 e. The van der Waals surface area contributed by atoms with E-state index in [4.69, 9.17) is 4.74 Å². The fourth-order valence-corrected chi connectivity index (χ4v) is 3.78. The van der Waals surface area contributed by atoms with Crippen LogP contribution in [0.25, 0.3) is 16.8 Å². The number of hydrogen-bond donors (Lipinski definition) is 0. The summed E-state index contributed by atoms with van der Waals surface area (Å²) in [5.41, 5.74) is 0.834. The molecular weight excluding hydrogens is 334 g/mol. The molecule has 130 valence electrons. The second-order valence-electron chi connectivity index (χ2n) is 6.51. The van der Waals surface area contributed by atoms with Crippen LogP contribution in [-0.4, -0.2) is 28.2 Å². The van der Waals surface area contributed by atoms with E-state index in [1.54, 1.807) is 6.08 Å². The first-order chi connectivity index (χ1) is 11.9. The quantitative estimate of drug-likeness (QED) is 0.718. The molecule has 0 aliphatic carbocycles. The molecule has 0 spiro atoms. The fourth-order valence-electron chi connectivity index (χ4n) is 2.84. The summed E-state index contributed by atoms with van der Waals surface area (Å²) in [7, 11) is 0. The summed E-state index contributed by atoms with van der Waals surface area (Å²) in [6, 6.07) is 11.7. The summed E-state index contributed by atoms with van der Waals surface area (Å²) in [5, 5.41) is 1.84. The lowest BCUT2D eigenvalue weighted by Gasteiger charge is -2.16. The average Bonchev–Trinajstić information content (AvgIpc) is 2.83. The molecule has 0 atom stereocenters. The first-order valence-corrected chi connectivity index (χ1v) is 9.15. The largest absolute Gasteiger partial charge is 0.490 e. The Morgan fingerprint density at radius 3 is 2.40 bits per heavy atom. The van der Waals surface area contributed by atoms with Gasteiger partial charge < -0.3 is 4.74 Å². The van der Waals surface area contributed by atoms with Gasteiger partial charge >= 0.3 is 0 Å². The molecule has 2 amide bonds. The molecule has 1 saturated heterocycles. The molecule has 5 heteroatoms. The summed E-state index contributed by atoms with van der Waals surface area (Å²) in [6.45, 7) is 7.60. The van der Waals surface area contributed by atoms with E-state index < -0.39 is 0 Å². The van der Waals surface area contributed by atoms with E-state index in [1.807, 2.05) is 64.1 Å². The zero-order valence-corrected chi connectivity index (χ0v) is 15.6. The Morgan fingerprint density at radius 1 is 1.04 bits per heavy atom. The zero-order chi connectivity index (χ0) is 18.1. The van der Waals surface area contributed by atoms with E-state index >= 15 is 0 Å². The molecule has 25 heavy (non-hydrogen) atoms. The van der Waals surface area contributed by atoms with Crippen LogP contribution in [-0.2, 0) is 4.79 Å². The van der Waals surface area contributed by atoms with Gasteiger partial charge in [0.2, 0.25) is 0 Å². The topological polar surface area (TPSA) is 46.6 Å². The molecule has 1 fully saturated rings. The predicted molar refractivity (Wildman–Crippen MR) is 103 cm³/mol. The van der Waals surface area contributed by atoms with E-state index in [2.05, 4.69) is 0 Å². The van der Waals surface area contributed by atoms with Crippen LogP contribution in [0.3, 0.4) is 0 Å². The molecule has 2 aromatic carbocycles. The van der Waals surface area contributed by atoms with Crippen molar-refractivity contribution in [2.75, 3.05) is 0 Å². The van der Waals surface area contributed by atoms with Crippen LogP contribution in [0.2, 0.25) is 0 Å². The molecule has 3 rings (SSSR count). The van der Waals surface area contributed by atoms with Crippen LogP contribution >= 0.6 is 11.8 Å². The number of rotatable bonds is 4. The minimum absolute atomic E-state index is 0.0130. The number of hydrogen-bond acceptors (Lipinski definition) is 4. The molecule has 0 unspecified atom stereocenters. The molecule has 4 nitrogen and oxygen atoms in total. The lowest BCUT2D eigenvalue weighted by atomic mass is 10.0. The van der Waals surface area contributed by atoms with Crippen molar-refractivity contribution in [1.29, 1.82) is 0 Å². The van der Waals surface area contributed by atoms with Gasteiger partial charge in [-0.2, -0.15) is 0 Å². The summed E-state index contributed by atoms with van der Waals surface area (Å²) in [6.07, 6.45) is 1.80. The molecule has 0 N–H and O–H groups in total. The van der Waals surface area contributed by atoms with Gasteiger partial charge in [-0.3, -0.25) is 14.5 Å². The molecule has 0 aromatic heterocycles. The maximum atomic E-state index is 12.6. The van der Waals surface area contributed by atoms with Crippen molar-refractivity contribution in [1.82, 2.24) is 4.90 Å². The van der Waals surface area contributed by atoms with E-state index in [0.717, 1.165) is 28.1 Å². The Kier molecular flexibility index (Phi) is 4.86. The second kappa shape index (κ2) is 6.92. The molecule has 1 aliphatic rings. The number of carbonyl (C=O) groups excluding carboxylic acids is 2. The smallest absolute Gasteiger partial charge is 0.293 e. The monoisotopic (exact) mass is 355 g/mol. The Morgan fingerprint density at radius 2 is 1.76 bits per heavy atom. The number of amides is 2. The highest BCUT2D eigenvalue weighted by molar-refractivity contribution is 8.18. The number of benzene rings is 2. The lowest BCUT2D eigenvalue weighted by molar-refractivity contribution is -0.123. The molecule has 2 aromatic rings. The van der Waals surface area contributed by atoms with E-state index in [1.165, 1.54) is 4.90 Å². The van der Waals surface area contributed by atoms with Crippen LogP contribution < -0.4 is 4.74 Å². The van der Waals surface area contributed by atoms with Gasteiger partial charge in [0.25, 0.3) is 11.1 Å². The van der Waals surface area contributed by atoms with Gasteiger partial charge in [0, 0.05) is 11.6 Å². The van der Waals surface area contributed by atoms with Crippen LogP contribution in [0.4, 0.5) is 4.79 Å². The van der Waals surface area contributed by atoms with Gasteiger partial charge in [-0.15, -0.1) is 0 Å². The highest BCUT2D eigenvalue weighted by Crippen LogP contribution is 2.37. The van der Waals surface area contributed by atoms with Crippen molar-refractivity contribution in [3.8, 4) is 5.75 Å². The Balaban J connectivity index is 2.14. The Hall–Kier alpha value is -2.27. The normalized spacial score (nSPS) is 16.7. The van der Waals surface area contributed by atoms with Crippen molar-refractivity contribution in [2.24, 2.45) is 0 Å². The highest BCUT2D eigenvalue weighted by Gasteiger charge is 2.36. The molecule has 0 bridgehead atoms. The van der Waals surface area contributed by atoms with Crippen LogP contribution in [0.15, 0.2) is 41.3 Å². The number of fused-ring (bicyclic) bond motifs is 1. The average molecular weight is 355 g/mol. The first-order valence-electron chi connectivity index (χ1n) is 8.34. The zero-order valence-electron chi connectivity index (χ0n) is 14.8. The molecule has 0 radical (unpaired) electrons. The summed E-state index contributed by atoms with van der Waals surface area (Å²) in [4.78, 5) is 26.5. The van der Waals surface area contributed by atoms with Crippen molar-refractivity contribution in [3.63, 3.8) is 0 Å². The van der Waals surface area contributed by atoms with Crippen molar-refractivity contribution in [2.45, 2.75) is 39.8 Å².